The lowest BCUT2D eigenvalue weighted by Crippen LogP contribution is -2.29. The monoisotopic (exact) mass is 251 g/mol. The number of fused-ring (bicyclic) bond motifs is 1. The van der Waals surface area contributed by atoms with Crippen molar-refractivity contribution in [2.75, 3.05) is 0 Å². The van der Waals surface area contributed by atoms with Gasteiger partial charge in [0.1, 0.15) is 0 Å². The molecule has 0 saturated carbocycles. The highest BCUT2D eigenvalue weighted by Gasteiger charge is 2.22. The van der Waals surface area contributed by atoms with Crippen LogP contribution in [0.1, 0.15) is 53.7 Å². The predicted octanol–water partition coefficient (Wildman–Crippen LogP) is 3.40. The van der Waals surface area contributed by atoms with Crippen molar-refractivity contribution in [3.05, 3.63) is 21.4 Å². The van der Waals surface area contributed by atoms with Crippen LogP contribution in [0.15, 0.2) is 6.07 Å². The van der Waals surface area contributed by atoms with Crippen molar-refractivity contribution in [1.82, 2.24) is 5.32 Å². The number of hydrogen-bond donors (Lipinski definition) is 1. The van der Waals surface area contributed by atoms with Gasteiger partial charge in [-0.2, -0.15) is 0 Å². The number of aryl methyl sites for hydroxylation is 1. The van der Waals surface area contributed by atoms with Gasteiger partial charge in [0, 0.05) is 10.9 Å². The normalized spacial score (nSPS) is 19.2. The minimum atomic E-state index is 0.0902. The van der Waals surface area contributed by atoms with E-state index in [-0.39, 0.29) is 11.9 Å². The van der Waals surface area contributed by atoms with Gasteiger partial charge in [-0.3, -0.25) is 4.79 Å². The lowest BCUT2D eigenvalue weighted by atomic mass is 9.87. The maximum Gasteiger partial charge on any atom is 0.261 e. The Morgan fingerprint density at radius 2 is 2.35 bits per heavy atom. The van der Waals surface area contributed by atoms with E-state index in [0.717, 1.165) is 23.6 Å². The maximum absolute atomic E-state index is 11.9. The van der Waals surface area contributed by atoms with Crippen LogP contribution >= 0.6 is 11.3 Å². The molecule has 1 aromatic heterocycles. The van der Waals surface area contributed by atoms with Crippen molar-refractivity contribution in [3.63, 3.8) is 0 Å². The molecule has 0 spiro atoms. The molecule has 1 aliphatic rings. The first kappa shape index (κ1) is 12.6. The van der Waals surface area contributed by atoms with Crippen LogP contribution in [0, 0.1) is 5.92 Å². The van der Waals surface area contributed by atoms with E-state index in [2.05, 4.69) is 18.3 Å². The Kier molecular flexibility index (Phi) is 3.87. The summed E-state index contributed by atoms with van der Waals surface area (Å²) in [5.41, 5.74) is 1.42. The summed E-state index contributed by atoms with van der Waals surface area (Å²) in [6, 6.07) is 2.32. The molecule has 2 nitrogen and oxygen atoms in total. The fourth-order valence-electron chi connectivity index (χ4n) is 2.39. The number of hydrogen-bond acceptors (Lipinski definition) is 2. The molecule has 0 bridgehead atoms. The molecular formula is C14H21NOS. The first-order valence-electron chi connectivity index (χ1n) is 6.52. The number of carbonyl (C=O) groups is 1. The highest BCUT2D eigenvalue weighted by molar-refractivity contribution is 7.14. The number of amides is 1. The van der Waals surface area contributed by atoms with Gasteiger partial charge in [0.2, 0.25) is 0 Å². The molecule has 1 heterocycles. The van der Waals surface area contributed by atoms with Crippen LogP contribution in [0.4, 0.5) is 0 Å². The Hall–Kier alpha value is -0.830. The molecular weight excluding hydrogens is 230 g/mol. The molecule has 0 saturated heterocycles. The zero-order valence-electron chi connectivity index (χ0n) is 10.9. The zero-order chi connectivity index (χ0) is 12.4. The van der Waals surface area contributed by atoms with Gasteiger partial charge in [-0.1, -0.05) is 13.3 Å². The van der Waals surface area contributed by atoms with E-state index in [1.807, 2.05) is 13.8 Å². The molecule has 1 N–H and O–H groups in total. The molecule has 0 aliphatic heterocycles. The van der Waals surface area contributed by atoms with E-state index in [9.17, 15) is 4.79 Å². The van der Waals surface area contributed by atoms with E-state index in [0.29, 0.717) is 0 Å². The molecule has 0 unspecified atom stereocenters. The summed E-state index contributed by atoms with van der Waals surface area (Å²) >= 11 is 1.69. The third kappa shape index (κ3) is 2.89. The summed E-state index contributed by atoms with van der Waals surface area (Å²) in [4.78, 5) is 14.2. The van der Waals surface area contributed by atoms with Crippen LogP contribution in [0.25, 0.3) is 0 Å². The maximum atomic E-state index is 11.9. The van der Waals surface area contributed by atoms with Crippen molar-refractivity contribution < 1.29 is 4.79 Å². The van der Waals surface area contributed by atoms with Gasteiger partial charge in [0.15, 0.2) is 0 Å². The van der Waals surface area contributed by atoms with Crippen LogP contribution in [0.2, 0.25) is 0 Å². The molecule has 0 radical (unpaired) electrons. The van der Waals surface area contributed by atoms with Crippen molar-refractivity contribution in [2.24, 2.45) is 5.92 Å². The molecule has 0 fully saturated rings. The minimum absolute atomic E-state index is 0.0902. The van der Waals surface area contributed by atoms with Crippen molar-refractivity contribution in [1.29, 1.82) is 0 Å². The van der Waals surface area contributed by atoms with Crippen LogP contribution in [0.5, 0.6) is 0 Å². The Morgan fingerprint density at radius 3 is 3.00 bits per heavy atom. The summed E-state index contributed by atoms with van der Waals surface area (Å²) in [6.45, 7) is 6.26. The Morgan fingerprint density at radius 1 is 1.59 bits per heavy atom. The third-order valence-electron chi connectivity index (χ3n) is 3.41. The first-order chi connectivity index (χ1) is 8.10. The number of carbonyl (C=O) groups excluding carboxylic acids is 1. The second-order valence-corrected chi connectivity index (χ2v) is 6.34. The highest BCUT2D eigenvalue weighted by atomic mass is 32.1. The number of thiophene rings is 1. The van der Waals surface area contributed by atoms with Gasteiger partial charge in [-0.15, -0.1) is 11.3 Å². The Bertz CT molecular complexity index is 408. The lowest BCUT2D eigenvalue weighted by Gasteiger charge is -2.19. The Labute approximate surface area is 107 Å². The van der Waals surface area contributed by atoms with Gasteiger partial charge in [0.05, 0.1) is 4.88 Å². The fraction of sp³-hybridized carbons (Fsp3) is 0.643. The summed E-state index contributed by atoms with van der Waals surface area (Å²) in [5.74, 6) is 0.908. The van der Waals surface area contributed by atoms with Crippen LogP contribution in [-0.4, -0.2) is 11.9 Å². The van der Waals surface area contributed by atoms with Gasteiger partial charge in [-0.05, 0) is 50.7 Å². The van der Waals surface area contributed by atoms with Gasteiger partial charge in [-0.25, -0.2) is 0 Å². The van der Waals surface area contributed by atoms with Gasteiger partial charge in [0.25, 0.3) is 5.91 Å². The lowest BCUT2D eigenvalue weighted by molar-refractivity contribution is 0.0947. The largest absolute Gasteiger partial charge is 0.349 e. The molecule has 1 aromatic rings. The molecule has 1 atom stereocenters. The van der Waals surface area contributed by atoms with Crippen LogP contribution < -0.4 is 5.32 Å². The summed E-state index contributed by atoms with van der Waals surface area (Å²) < 4.78 is 0. The molecule has 0 aromatic carbocycles. The van der Waals surface area contributed by atoms with E-state index < -0.39 is 0 Å². The quantitative estimate of drug-likeness (QED) is 0.876. The smallest absolute Gasteiger partial charge is 0.261 e. The standard InChI is InChI=1S/C14H21NOS/c1-4-10-5-6-12-11(7-10)8-13(17-12)14(16)15-9(2)3/h8-10H,4-7H2,1-3H3,(H,15,16)/t10-/m1/s1. The van der Waals surface area contributed by atoms with Crippen LogP contribution in [-0.2, 0) is 12.8 Å². The third-order valence-corrected chi connectivity index (χ3v) is 4.64. The summed E-state index contributed by atoms with van der Waals surface area (Å²) in [7, 11) is 0. The van der Waals surface area contributed by atoms with E-state index in [1.165, 1.54) is 23.3 Å². The zero-order valence-corrected chi connectivity index (χ0v) is 11.7. The first-order valence-corrected chi connectivity index (χ1v) is 7.34. The molecule has 94 valence electrons. The van der Waals surface area contributed by atoms with E-state index in [1.54, 1.807) is 11.3 Å². The topological polar surface area (TPSA) is 29.1 Å². The molecule has 3 heteroatoms. The SMILES string of the molecule is CC[C@@H]1CCc2sc(C(=O)NC(C)C)cc2C1. The van der Waals surface area contributed by atoms with Gasteiger partial charge < -0.3 is 5.32 Å². The van der Waals surface area contributed by atoms with Gasteiger partial charge >= 0.3 is 0 Å². The predicted molar refractivity (Wildman–Crippen MR) is 72.7 cm³/mol. The van der Waals surface area contributed by atoms with Crippen molar-refractivity contribution in [2.45, 2.75) is 52.5 Å². The van der Waals surface area contributed by atoms with E-state index >= 15 is 0 Å². The second-order valence-electron chi connectivity index (χ2n) is 5.20. The summed E-state index contributed by atoms with van der Waals surface area (Å²) in [6.07, 6.45) is 4.86. The average Bonchev–Trinajstić information content (AvgIpc) is 2.70. The molecule has 1 aliphatic carbocycles. The van der Waals surface area contributed by atoms with Crippen molar-refractivity contribution >= 4 is 17.2 Å². The Balaban J connectivity index is 2.12. The molecule has 1 amide bonds. The molecule has 17 heavy (non-hydrogen) atoms. The number of nitrogens with one attached hydrogen (secondary N) is 1. The van der Waals surface area contributed by atoms with Crippen molar-refractivity contribution in [3.8, 4) is 0 Å². The number of rotatable bonds is 3. The van der Waals surface area contributed by atoms with Crippen LogP contribution in [0.3, 0.4) is 0 Å². The molecule has 2 rings (SSSR count). The second kappa shape index (κ2) is 5.21. The minimum Gasteiger partial charge on any atom is -0.349 e. The van der Waals surface area contributed by atoms with E-state index in [4.69, 9.17) is 0 Å². The highest BCUT2D eigenvalue weighted by Crippen LogP contribution is 2.33. The summed E-state index contributed by atoms with van der Waals surface area (Å²) in [5, 5.41) is 2.96. The average molecular weight is 251 g/mol. The fourth-order valence-corrected chi connectivity index (χ4v) is 3.50.